The lowest BCUT2D eigenvalue weighted by molar-refractivity contribution is 0.556. The standard InChI is InChI=1S/C14H11N3O/c1-2-5-11(6-3-1)8-9-13-16-17-14(18-13)12-7-4-10-15-12/h1-10,15H/b9-8+. The summed E-state index contributed by atoms with van der Waals surface area (Å²) in [5.41, 5.74) is 1.92. The van der Waals surface area contributed by atoms with Gasteiger partial charge in [0.25, 0.3) is 5.89 Å². The van der Waals surface area contributed by atoms with Crippen molar-refractivity contribution in [2.75, 3.05) is 0 Å². The highest BCUT2D eigenvalue weighted by molar-refractivity contribution is 5.66. The molecule has 2 aromatic heterocycles. The van der Waals surface area contributed by atoms with Crippen LogP contribution >= 0.6 is 0 Å². The van der Waals surface area contributed by atoms with Gasteiger partial charge in [-0.25, -0.2) is 0 Å². The van der Waals surface area contributed by atoms with Crippen LogP contribution in [0, 0.1) is 0 Å². The predicted octanol–water partition coefficient (Wildman–Crippen LogP) is 3.24. The normalized spacial score (nSPS) is 11.1. The fourth-order valence-corrected chi connectivity index (χ4v) is 1.61. The van der Waals surface area contributed by atoms with Gasteiger partial charge in [0.2, 0.25) is 5.89 Å². The lowest BCUT2D eigenvalue weighted by atomic mass is 10.2. The molecule has 0 aliphatic rings. The predicted molar refractivity (Wildman–Crippen MR) is 69.5 cm³/mol. The number of aromatic nitrogens is 3. The summed E-state index contributed by atoms with van der Waals surface area (Å²) in [7, 11) is 0. The van der Waals surface area contributed by atoms with E-state index in [9.17, 15) is 0 Å². The highest BCUT2D eigenvalue weighted by atomic mass is 16.4. The monoisotopic (exact) mass is 237 g/mol. The Kier molecular flexibility index (Phi) is 2.75. The van der Waals surface area contributed by atoms with Crippen LogP contribution in [0.1, 0.15) is 11.5 Å². The van der Waals surface area contributed by atoms with Crippen molar-refractivity contribution in [1.29, 1.82) is 0 Å². The number of nitrogens with one attached hydrogen (secondary N) is 1. The van der Waals surface area contributed by atoms with Crippen LogP contribution < -0.4 is 0 Å². The van der Waals surface area contributed by atoms with Crippen LogP contribution in [0.4, 0.5) is 0 Å². The molecular weight excluding hydrogens is 226 g/mol. The Bertz CT molecular complexity index is 639. The summed E-state index contributed by atoms with van der Waals surface area (Å²) in [6.07, 6.45) is 5.56. The number of aromatic amines is 1. The lowest BCUT2D eigenvalue weighted by Gasteiger charge is -1.89. The van der Waals surface area contributed by atoms with Gasteiger partial charge in [0.1, 0.15) is 5.69 Å². The van der Waals surface area contributed by atoms with E-state index in [0.29, 0.717) is 11.8 Å². The minimum absolute atomic E-state index is 0.489. The van der Waals surface area contributed by atoms with Crippen LogP contribution in [0.25, 0.3) is 23.7 Å². The molecule has 0 aliphatic heterocycles. The van der Waals surface area contributed by atoms with E-state index < -0.39 is 0 Å². The van der Waals surface area contributed by atoms with Gasteiger partial charge in [0.15, 0.2) is 0 Å². The molecule has 4 heteroatoms. The number of hydrogen-bond acceptors (Lipinski definition) is 3. The molecule has 0 bridgehead atoms. The Balaban J connectivity index is 1.80. The van der Waals surface area contributed by atoms with E-state index in [4.69, 9.17) is 4.42 Å². The van der Waals surface area contributed by atoms with E-state index in [1.807, 2.05) is 54.7 Å². The van der Waals surface area contributed by atoms with Gasteiger partial charge in [-0.1, -0.05) is 30.3 Å². The van der Waals surface area contributed by atoms with Crippen LogP contribution in [-0.2, 0) is 0 Å². The van der Waals surface area contributed by atoms with Crippen LogP contribution in [0.5, 0.6) is 0 Å². The minimum atomic E-state index is 0.489. The molecule has 0 aliphatic carbocycles. The van der Waals surface area contributed by atoms with Crippen LogP contribution in [0.3, 0.4) is 0 Å². The summed E-state index contributed by atoms with van der Waals surface area (Å²) in [6.45, 7) is 0. The second-order valence-corrected chi connectivity index (χ2v) is 3.77. The van der Waals surface area contributed by atoms with Crippen molar-refractivity contribution in [3.63, 3.8) is 0 Å². The van der Waals surface area contributed by atoms with E-state index in [2.05, 4.69) is 15.2 Å². The molecule has 4 nitrogen and oxygen atoms in total. The van der Waals surface area contributed by atoms with E-state index >= 15 is 0 Å². The molecule has 2 heterocycles. The molecule has 0 atom stereocenters. The van der Waals surface area contributed by atoms with Gasteiger partial charge < -0.3 is 9.40 Å². The second kappa shape index (κ2) is 4.71. The Labute approximate surface area is 104 Å². The number of rotatable bonds is 3. The van der Waals surface area contributed by atoms with E-state index in [1.54, 1.807) is 6.08 Å². The summed E-state index contributed by atoms with van der Waals surface area (Å²) >= 11 is 0. The third kappa shape index (κ3) is 2.22. The average Bonchev–Trinajstić information content (AvgIpc) is 3.08. The molecule has 1 N–H and O–H groups in total. The SMILES string of the molecule is C(=C\c1nnc(-c2ccc[nH]2)o1)/c1ccccc1. The van der Waals surface area contributed by atoms with Gasteiger partial charge in [-0.2, -0.15) is 0 Å². The summed E-state index contributed by atoms with van der Waals surface area (Å²) in [5, 5.41) is 7.94. The summed E-state index contributed by atoms with van der Waals surface area (Å²) < 4.78 is 5.51. The van der Waals surface area contributed by atoms with Crippen molar-refractivity contribution < 1.29 is 4.42 Å². The van der Waals surface area contributed by atoms with Gasteiger partial charge in [-0.05, 0) is 23.8 Å². The summed E-state index contributed by atoms with van der Waals surface area (Å²) in [6, 6.07) is 13.7. The van der Waals surface area contributed by atoms with Crippen LogP contribution in [0.2, 0.25) is 0 Å². The number of hydrogen-bond donors (Lipinski definition) is 1. The second-order valence-electron chi connectivity index (χ2n) is 3.77. The van der Waals surface area contributed by atoms with E-state index in [0.717, 1.165) is 11.3 Å². The highest BCUT2D eigenvalue weighted by Crippen LogP contribution is 2.16. The molecule has 0 radical (unpaired) electrons. The zero-order valence-corrected chi connectivity index (χ0v) is 9.58. The lowest BCUT2D eigenvalue weighted by Crippen LogP contribution is -1.75. The Hall–Kier alpha value is -2.62. The van der Waals surface area contributed by atoms with Gasteiger partial charge in [-0.15, -0.1) is 10.2 Å². The van der Waals surface area contributed by atoms with Crippen molar-refractivity contribution in [3.05, 3.63) is 60.1 Å². The molecular formula is C14H11N3O. The minimum Gasteiger partial charge on any atom is -0.415 e. The first kappa shape index (κ1) is 10.5. The zero-order chi connectivity index (χ0) is 12.2. The molecule has 18 heavy (non-hydrogen) atoms. The van der Waals surface area contributed by atoms with E-state index in [-0.39, 0.29) is 0 Å². The van der Waals surface area contributed by atoms with Gasteiger partial charge >= 0.3 is 0 Å². The third-order valence-electron chi connectivity index (χ3n) is 2.49. The maximum Gasteiger partial charge on any atom is 0.264 e. The number of benzene rings is 1. The molecule has 0 saturated heterocycles. The smallest absolute Gasteiger partial charge is 0.264 e. The largest absolute Gasteiger partial charge is 0.415 e. The zero-order valence-electron chi connectivity index (χ0n) is 9.58. The first-order valence-electron chi connectivity index (χ1n) is 5.62. The van der Waals surface area contributed by atoms with Crippen molar-refractivity contribution in [1.82, 2.24) is 15.2 Å². The third-order valence-corrected chi connectivity index (χ3v) is 2.49. The van der Waals surface area contributed by atoms with Gasteiger partial charge in [0, 0.05) is 12.3 Å². The van der Waals surface area contributed by atoms with E-state index in [1.165, 1.54) is 0 Å². The fraction of sp³-hybridized carbons (Fsp3) is 0. The molecule has 0 unspecified atom stereocenters. The quantitative estimate of drug-likeness (QED) is 0.760. The fourth-order valence-electron chi connectivity index (χ4n) is 1.61. The molecule has 0 fully saturated rings. The van der Waals surface area contributed by atoms with Gasteiger partial charge in [0.05, 0.1) is 0 Å². The molecule has 3 aromatic rings. The van der Waals surface area contributed by atoms with Crippen molar-refractivity contribution in [2.24, 2.45) is 0 Å². The Morgan fingerprint density at radius 3 is 2.61 bits per heavy atom. The molecule has 3 rings (SSSR count). The van der Waals surface area contributed by atoms with Crippen molar-refractivity contribution in [2.45, 2.75) is 0 Å². The Morgan fingerprint density at radius 1 is 0.944 bits per heavy atom. The maximum absolute atomic E-state index is 5.51. The molecule has 1 aromatic carbocycles. The number of nitrogens with zero attached hydrogens (tertiary/aromatic N) is 2. The van der Waals surface area contributed by atoms with Crippen LogP contribution in [0.15, 0.2) is 53.1 Å². The molecule has 88 valence electrons. The molecule has 0 amide bonds. The Morgan fingerprint density at radius 2 is 1.83 bits per heavy atom. The first-order chi connectivity index (χ1) is 8.92. The maximum atomic E-state index is 5.51. The van der Waals surface area contributed by atoms with Gasteiger partial charge in [-0.3, -0.25) is 0 Å². The topological polar surface area (TPSA) is 54.7 Å². The summed E-state index contributed by atoms with van der Waals surface area (Å²) in [5.74, 6) is 0.983. The van der Waals surface area contributed by atoms with Crippen LogP contribution in [-0.4, -0.2) is 15.2 Å². The molecule has 0 spiro atoms. The molecule has 0 saturated carbocycles. The van der Waals surface area contributed by atoms with Crippen molar-refractivity contribution >= 4 is 12.2 Å². The number of H-pyrrole nitrogens is 1. The highest BCUT2D eigenvalue weighted by Gasteiger charge is 2.06. The first-order valence-corrected chi connectivity index (χ1v) is 5.62. The van der Waals surface area contributed by atoms with Crippen molar-refractivity contribution in [3.8, 4) is 11.6 Å². The summed E-state index contributed by atoms with van der Waals surface area (Å²) in [4.78, 5) is 3.02. The average molecular weight is 237 g/mol.